The zero-order chi connectivity index (χ0) is 10.6. The molecule has 14 heavy (non-hydrogen) atoms. The van der Waals surface area contributed by atoms with Crippen LogP contribution < -0.4 is 0 Å². The summed E-state index contributed by atoms with van der Waals surface area (Å²) in [5.41, 5.74) is 0. The van der Waals surface area contributed by atoms with Crippen molar-refractivity contribution in [1.29, 1.82) is 0 Å². The van der Waals surface area contributed by atoms with Gasteiger partial charge in [0.05, 0.1) is 6.10 Å². The molecule has 0 saturated carbocycles. The van der Waals surface area contributed by atoms with Gasteiger partial charge in [0, 0.05) is 21.5 Å². The topological polar surface area (TPSA) is 20.2 Å². The van der Waals surface area contributed by atoms with Gasteiger partial charge in [-0.1, -0.05) is 33.6 Å². The second-order valence-corrected chi connectivity index (χ2v) is 7.16. The molecule has 0 aromatic carbocycles. The lowest BCUT2D eigenvalue weighted by Crippen LogP contribution is -2.34. The molecule has 4 atom stereocenters. The van der Waals surface area contributed by atoms with Gasteiger partial charge in [-0.15, -0.1) is 0 Å². The van der Waals surface area contributed by atoms with Gasteiger partial charge in [0.25, 0.3) is 0 Å². The largest absolute Gasteiger partial charge is 0.392 e. The van der Waals surface area contributed by atoms with Gasteiger partial charge in [0.2, 0.25) is 0 Å². The van der Waals surface area contributed by atoms with Crippen LogP contribution in [0.2, 0.25) is 0 Å². The quantitative estimate of drug-likeness (QED) is 0.807. The maximum Gasteiger partial charge on any atom is 0.0666 e. The lowest BCUT2D eigenvalue weighted by Gasteiger charge is -2.33. The van der Waals surface area contributed by atoms with E-state index in [9.17, 15) is 5.11 Å². The minimum Gasteiger partial charge on any atom is -0.392 e. The van der Waals surface area contributed by atoms with Crippen LogP contribution in [-0.2, 0) is 0 Å². The number of thioether (sulfide) groups is 2. The van der Waals surface area contributed by atoms with Crippen molar-refractivity contribution in [3.05, 3.63) is 0 Å². The molecule has 1 nitrogen and oxygen atoms in total. The number of hydrogen-bond donors (Lipinski definition) is 1. The van der Waals surface area contributed by atoms with Crippen molar-refractivity contribution in [2.75, 3.05) is 5.75 Å². The Bertz CT molecular complexity index is 163. The first-order valence-electron chi connectivity index (χ1n) is 5.60. The van der Waals surface area contributed by atoms with Crippen molar-refractivity contribution < 1.29 is 5.11 Å². The van der Waals surface area contributed by atoms with E-state index in [1.165, 1.54) is 6.42 Å². The molecule has 1 N–H and O–H groups in total. The van der Waals surface area contributed by atoms with Crippen molar-refractivity contribution in [2.45, 2.75) is 61.9 Å². The van der Waals surface area contributed by atoms with Crippen molar-refractivity contribution >= 4 is 23.5 Å². The minimum absolute atomic E-state index is 0.0811. The highest BCUT2D eigenvalue weighted by Crippen LogP contribution is 2.37. The van der Waals surface area contributed by atoms with Crippen molar-refractivity contribution in [2.24, 2.45) is 0 Å². The molecule has 84 valence electrons. The Balaban J connectivity index is 2.30. The molecule has 1 aliphatic rings. The lowest BCUT2D eigenvalue weighted by atomic mass is 10.1. The molecule has 1 fully saturated rings. The van der Waals surface area contributed by atoms with Crippen molar-refractivity contribution in [3.8, 4) is 0 Å². The average Bonchev–Trinajstić information content (AvgIpc) is 2.18. The molecule has 0 aromatic rings. The summed E-state index contributed by atoms with van der Waals surface area (Å²) in [5.74, 6) is 1.13. The summed E-state index contributed by atoms with van der Waals surface area (Å²) in [6.45, 7) is 6.75. The lowest BCUT2D eigenvalue weighted by molar-refractivity contribution is 0.163. The molecule has 0 spiro atoms. The minimum atomic E-state index is -0.0811. The molecule has 4 unspecified atom stereocenters. The fraction of sp³-hybridized carbons (Fsp3) is 1.00. The molecular formula is C11H22OS2. The fourth-order valence-electron chi connectivity index (χ4n) is 1.61. The number of unbranched alkanes of at least 4 members (excludes halogenated alkanes) is 1. The van der Waals surface area contributed by atoms with Gasteiger partial charge >= 0.3 is 0 Å². The number of aliphatic hydroxyl groups is 1. The summed E-state index contributed by atoms with van der Waals surface area (Å²) in [5, 5.41) is 11.9. The maximum atomic E-state index is 9.97. The first kappa shape index (κ1) is 12.7. The Morgan fingerprint density at radius 3 is 2.64 bits per heavy atom. The molecule has 0 aromatic heterocycles. The Hall–Kier alpha value is 0.660. The summed E-state index contributed by atoms with van der Waals surface area (Å²) < 4.78 is 0. The van der Waals surface area contributed by atoms with Crippen LogP contribution >= 0.6 is 23.5 Å². The van der Waals surface area contributed by atoms with Crippen LogP contribution in [0.1, 0.15) is 40.0 Å². The number of aliphatic hydroxyl groups excluding tert-OH is 1. The summed E-state index contributed by atoms with van der Waals surface area (Å²) in [7, 11) is 0. The van der Waals surface area contributed by atoms with Gasteiger partial charge in [-0.2, -0.15) is 23.5 Å². The van der Waals surface area contributed by atoms with E-state index in [1.807, 2.05) is 23.5 Å². The van der Waals surface area contributed by atoms with Crippen LogP contribution in [0.4, 0.5) is 0 Å². The molecule has 1 saturated heterocycles. The molecule has 1 aliphatic heterocycles. The molecule has 0 amide bonds. The van der Waals surface area contributed by atoms with Crippen LogP contribution in [0.25, 0.3) is 0 Å². The first-order valence-corrected chi connectivity index (χ1v) is 7.59. The predicted octanol–water partition coefficient (Wildman–Crippen LogP) is 3.16. The van der Waals surface area contributed by atoms with Gasteiger partial charge in [0.15, 0.2) is 0 Å². The molecule has 3 heteroatoms. The van der Waals surface area contributed by atoms with Crippen molar-refractivity contribution in [1.82, 2.24) is 0 Å². The highest BCUT2D eigenvalue weighted by atomic mass is 32.2. The van der Waals surface area contributed by atoms with Crippen LogP contribution in [0.15, 0.2) is 0 Å². The van der Waals surface area contributed by atoms with Gasteiger partial charge < -0.3 is 5.11 Å². The van der Waals surface area contributed by atoms with E-state index in [2.05, 4.69) is 20.8 Å². The van der Waals surface area contributed by atoms with Gasteiger partial charge in [-0.3, -0.25) is 0 Å². The molecule has 0 radical (unpaired) electrons. The van der Waals surface area contributed by atoms with E-state index in [1.54, 1.807) is 0 Å². The Kier molecular flexibility index (Phi) is 5.72. The number of hydrogen-bond acceptors (Lipinski definition) is 3. The first-order chi connectivity index (χ1) is 6.65. The van der Waals surface area contributed by atoms with Crippen LogP contribution in [0.3, 0.4) is 0 Å². The molecule has 0 bridgehead atoms. The van der Waals surface area contributed by atoms with E-state index >= 15 is 0 Å². The second-order valence-electron chi connectivity index (χ2n) is 4.13. The summed E-state index contributed by atoms with van der Waals surface area (Å²) in [4.78, 5) is 0. The normalized spacial score (nSPS) is 35.6. The second kappa shape index (κ2) is 6.29. The monoisotopic (exact) mass is 234 g/mol. The number of rotatable bonds is 4. The maximum absolute atomic E-state index is 9.97. The van der Waals surface area contributed by atoms with Gasteiger partial charge in [0.1, 0.15) is 0 Å². The SMILES string of the molecule is CCCCC(O)C1CSC(C)C(C)S1. The molecule has 1 rings (SSSR count). The van der Waals surface area contributed by atoms with Gasteiger partial charge in [-0.05, 0) is 6.42 Å². The van der Waals surface area contributed by atoms with E-state index in [-0.39, 0.29) is 6.10 Å². The van der Waals surface area contributed by atoms with E-state index in [0.29, 0.717) is 10.5 Å². The van der Waals surface area contributed by atoms with E-state index in [0.717, 1.165) is 23.8 Å². The van der Waals surface area contributed by atoms with Crippen molar-refractivity contribution in [3.63, 3.8) is 0 Å². The third-order valence-corrected chi connectivity index (χ3v) is 6.39. The van der Waals surface area contributed by atoms with Crippen LogP contribution in [0, 0.1) is 0 Å². The fourth-order valence-corrected chi connectivity index (χ4v) is 4.66. The Morgan fingerprint density at radius 2 is 2.07 bits per heavy atom. The van der Waals surface area contributed by atoms with E-state index < -0.39 is 0 Å². The Morgan fingerprint density at radius 1 is 1.36 bits per heavy atom. The Labute approximate surface area is 96.4 Å². The molecular weight excluding hydrogens is 212 g/mol. The summed E-state index contributed by atoms with van der Waals surface area (Å²) >= 11 is 4.00. The molecule has 0 aliphatic carbocycles. The third kappa shape index (κ3) is 3.67. The predicted molar refractivity (Wildman–Crippen MR) is 68.3 cm³/mol. The van der Waals surface area contributed by atoms with Gasteiger partial charge in [-0.25, -0.2) is 0 Å². The van der Waals surface area contributed by atoms with Crippen LogP contribution in [-0.4, -0.2) is 32.7 Å². The smallest absolute Gasteiger partial charge is 0.0666 e. The van der Waals surface area contributed by atoms with Crippen LogP contribution in [0.5, 0.6) is 0 Å². The highest BCUT2D eigenvalue weighted by molar-refractivity contribution is 8.07. The average molecular weight is 234 g/mol. The third-order valence-electron chi connectivity index (χ3n) is 2.86. The summed E-state index contributed by atoms with van der Waals surface area (Å²) in [6, 6.07) is 0. The zero-order valence-electron chi connectivity index (χ0n) is 9.40. The zero-order valence-corrected chi connectivity index (χ0v) is 11.0. The highest BCUT2D eigenvalue weighted by Gasteiger charge is 2.29. The molecule has 1 heterocycles. The van der Waals surface area contributed by atoms with E-state index in [4.69, 9.17) is 0 Å². The standard InChI is InChI=1S/C11H22OS2/c1-4-5-6-10(12)11-7-13-8(2)9(3)14-11/h8-12H,4-7H2,1-3H3. The summed E-state index contributed by atoms with van der Waals surface area (Å²) in [6.07, 6.45) is 3.25.